The van der Waals surface area contributed by atoms with Crippen molar-refractivity contribution in [2.45, 2.75) is 58.9 Å². The van der Waals surface area contributed by atoms with E-state index in [0.29, 0.717) is 0 Å². The number of hydrogen-bond acceptors (Lipinski definition) is 1. The van der Waals surface area contributed by atoms with Gasteiger partial charge in [0.25, 0.3) is 0 Å². The molecule has 0 spiro atoms. The maximum absolute atomic E-state index is 3.68. The van der Waals surface area contributed by atoms with Crippen LogP contribution in [0.1, 0.15) is 52.9 Å². The third kappa shape index (κ3) is 5.50. The molecule has 1 heteroatoms. The Labute approximate surface area is 101 Å². The summed E-state index contributed by atoms with van der Waals surface area (Å²) in [5, 5.41) is 3.68. The summed E-state index contributed by atoms with van der Waals surface area (Å²) in [6.45, 7) is 7.79. The summed E-state index contributed by atoms with van der Waals surface area (Å²) in [4.78, 5) is 0. The predicted octanol–water partition coefficient (Wildman–Crippen LogP) is 4.07. The Balaban J connectivity index is 2.11. The lowest BCUT2D eigenvalue weighted by Crippen LogP contribution is -2.33. The van der Waals surface area contributed by atoms with Crippen molar-refractivity contribution >= 4 is 0 Å². The Bertz CT molecular complexity index is 232. The maximum Gasteiger partial charge on any atom is 0.00673 e. The van der Waals surface area contributed by atoms with Gasteiger partial charge >= 0.3 is 0 Å². The van der Waals surface area contributed by atoms with Crippen molar-refractivity contribution < 1.29 is 0 Å². The first kappa shape index (κ1) is 13.5. The van der Waals surface area contributed by atoms with E-state index in [1.165, 1.54) is 37.7 Å². The monoisotopic (exact) mass is 221 g/mol. The Kier molecular flexibility index (Phi) is 6.47. The van der Waals surface area contributed by atoms with Crippen LogP contribution in [0.3, 0.4) is 0 Å². The Morgan fingerprint density at radius 3 is 2.56 bits per heavy atom. The number of nitrogens with one attached hydrogen (secondary N) is 1. The third-order valence-corrected chi connectivity index (χ3v) is 3.54. The van der Waals surface area contributed by atoms with E-state index in [-0.39, 0.29) is 0 Å². The summed E-state index contributed by atoms with van der Waals surface area (Å²) in [5.41, 5.74) is 1.47. The van der Waals surface area contributed by atoms with Gasteiger partial charge in [0.15, 0.2) is 0 Å². The van der Waals surface area contributed by atoms with E-state index in [1.54, 1.807) is 0 Å². The van der Waals surface area contributed by atoms with Crippen molar-refractivity contribution in [1.82, 2.24) is 5.32 Å². The quantitative estimate of drug-likeness (QED) is 0.690. The van der Waals surface area contributed by atoms with Crippen LogP contribution in [0.2, 0.25) is 0 Å². The van der Waals surface area contributed by atoms with Gasteiger partial charge in [-0.15, -0.1) is 0 Å². The van der Waals surface area contributed by atoms with Gasteiger partial charge in [-0.1, -0.05) is 30.7 Å². The molecule has 1 rings (SSSR count). The zero-order valence-electron chi connectivity index (χ0n) is 11.1. The highest BCUT2D eigenvalue weighted by Gasteiger charge is 2.16. The van der Waals surface area contributed by atoms with Crippen LogP contribution in [-0.2, 0) is 0 Å². The number of rotatable bonds is 5. The lowest BCUT2D eigenvalue weighted by Gasteiger charge is -2.27. The molecule has 0 amide bonds. The highest BCUT2D eigenvalue weighted by molar-refractivity contribution is 5.09. The van der Waals surface area contributed by atoms with Crippen molar-refractivity contribution in [3.63, 3.8) is 0 Å². The lowest BCUT2D eigenvalue weighted by molar-refractivity contribution is 0.309. The second kappa shape index (κ2) is 7.67. The predicted molar refractivity (Wildman–Crippen MR) is 72.6 cm³/mol. The molecule has 1 nitrogen and oxygen atoms in total. The molecule has 0 heterocycles. The van der Waals surface area contributed by atoms with Gasteiger partial charge in [0.1, 0.15) is 0 Å². The second-order valence-electron chi connectivity index (χ2n) is 5.20. The first-order valence-corrected chi connectivity index (χ1v) is 6.74. The summed E-state index contributed by atoms with van der Waals surface area (Å²) in [5.74, 6) is 0.953. The molecule has 1 fully saturated rings. The Morgan fingerprint density at radius 2 is 1.94 bits per heavy atom. The summed E-state index contributed by atoms with van der Waals surface area (Å²) in [7, 11) is 0. The Hall–Kier alpha value is -0.560. The van der Waals surface area contributed by atoms with Crippen LogP contribution < -0.4 is 5.32 Å². The average molecular weight is 221 g/mol. The van der Waals surface area contributed by atoms with Crippen molar-refractivity contribution in [2.75, 3.05) is 6.54 Å². The SMILES string of the molecule is C/C=C\C=C(/C)CCNC1CCC(C)CC1. The average Bonchev–Trinajstić information content (AvgIpc) is 2.29. The lowest BCUT2D eigenvalue weighted by atomic mass is 9.87. The van der Waals surface area contributed by atoms with Crippen LogP contribution in [0.5, 0.6) is 0 Å². The highest BCUT2D eigenvalue weighted by Crippen LogP contribution is 2.23. The molecule has 1 aliphatic carbocycles. The van der Waals surface area contributed by atoms with Crippen molar-refractivity contribution in [3.8, 4) is 0 Å². The van der Waals surface area contributed by atoms with E-state index in [4.69, 9.17) is 0 Å². The molecule has 92 valence electrons. The largest absolute Gasteiger partial charge is 0.314 e. The number of hydrogen-bond donors (Lipinski definition) is 1. The second-order valence-corrected chi connectivity index (χ2v) is 5.20. The van der Waals surface area contributed by atoms with E-state index in [2.05, 4.69) is 44.3 Å². The van der Waals surface area contributed by atoms with Crippen LogP contribution >= 0.6 is 0 Å². The van der Waals surface area contributed by atoms with Crippen LogP contribution in [0.15, 0.2) is 23.8 Å². The Morgan fingerprint density at radius 1 is 1.25 bits per heavy atom. The minimum absolute atomic E-state index is 0.783. The van der Waals surface area contributed by atoms with E-state index >= 15 is 0 Å². The van der Waals surface area contributed by atoms with Gasteiger partial charge in [0, 0.05) is 6.04 Å². The van der Waals surface area contributed by atoms with E-state index in [9.17, 15) is 0 Å². The van der Waals surface area contributed by atoms with Crippen molar-refractivity contribution in [1.29, 1.82) is 0 Å². The summed E-state index contributed by atoms with van der Waals surface area (Å²) in [6.07, 6.45) is 13.2. The highest BCUT2D eigenvalue weighted by atomic mass is 14.9. The molecular weight excluding hydrogens is 194 g/mol. The molecule has 0 bridgehead atoms. The van der Waals surface area contributed by atoms with Crippen LogP contribution in [-0.4, -0.2) is 12.6 Å². The number of allylic oxidation sites excluding steroid dienone is 3. The fourth-order valence-electron chi connectivity index (χ4n) is 2.28. The van der Waals surface area contributed by atoms with Gasteiger partial charge in [0.05, 0.1) is 0 Å². The zero-order chi connectivity index (χ0) is 11.8. The summed E-state index contributed by atoms with van der Waals surface area (Å²) in [6, 6.07) is 0.783. The van der Waals surface area contributed by atoms with E-state index < -0.39 is 0 Å². The standard InChI is InChI=1S/C15H27N/c1-4-5-6-13(2)11-12-16-15-9-7-14(3)8-10-15/h4-6,14-16H,7-12H2,1-3H3/b5-4-,13-6+. The zero-order valence-corrected chi connectivity index (χ0v) is 11.1. The topological polar surface area (TPSA) is 12.0 Å². The third-order valence-electron chi connectivity index (χ3n) is 3.54. The smallest absolute Gasteiger partial charge is 0.00673 e. The minimum atomic E-state index is 0.783. The van der Waals surface area contributed by atoms with Crippen LogP contribution in [0.4, 0.5) is 0 Å². The molecule has 16 heavy (non-hydrogen) atoms. The molecular formula is C15H27N. The molecule has 1 N–H and O–H groups in total. The van der Waals surface area contributed by atoms with Gasteiger partial charge in [-0.25, -0.2) is 0 Å². The maximum atomic E-state index is 3.68. The first-order valence-electron chi connectivity index (χ1n) is 6.74. The fourth-order valence-corrected chi connectivity index (χ4v) is 2.28. The van der Waals surface area contributed by atoms with Gasteiger partial charge in [-0.05, 0) is 58.4 Å². The molecule has 1 saturated carbocycles. The van der Waals surface area contributed by atoms with E-state index in [1.807, 2.05) is 0 Å². The molecule has 0 unspecified atom stereocenters. The van der Waals surface area contributed by atoms with Gasteiger partial charge in [-0.3, -0.25) is 0 Å². The molecule has 0 aromatic rings. The normalized spacial score (nSPS) is 27.6. The van der Waals surface area contributed by atoms with Crippen LogP contribution in [0, 0.1) is 5.92 Å². The van der Waals surface area contributed by atoms with Gasteiger partial charge in [-0.2, -0.15) is 0 Å². The van der Waals surface area contributed by atoms with Gasteiger partial charge in [0.2, 0.25) is 0 Å². The summed E-state index contributed by atoms with van der Waals surface area (Å²) < 4.78 is 0. The molecule has 0 aliphatic heterocycles. The molecule has 0 atom stereocenters. The molecule has 0 saturated heterocycles. The molecule has 0 aromatic carbocycles. The molecule has 0 radical (unpaired) electrons. The van der Waals surface area contributed by atoms with E-state index in [0.717, 1.165) is 18.5 Å². The fraction of sp³-hybridized carbons (Fsp3) is 0.733. The minimum Gasteiger partial charge on any atom is -0.314 e. The molecule has 1 aliphatic rings. The van der Waals surface area contributed by atoms with Crippen LogP contribution in [0.25, 0.3) is 0 Å². The van der Waals surface area contributed by atoms with Crippen molar-refractivity contribution in [3.05, 3.63) is 23.8 Å². The van der Waals surface area contributed by atoms with Gasteiger partial charge < -0.3 is 5.32 Å². The summed E-state index contributed by atoms with van der Waals surface area (Å²) >= 11 is 0. The first-order chi connectivity index (χ1) is 7.72. The van der Waals surface area contributed by atoms with Crippen molar-refractivity contribution in [2.24, 2.45) is 5.92 Å². The molecule has 0 aromatic heterocycles.